The number of aromatic hydroxyl groups is 1. The number of aliphatic carboxylic acids is 1. The van der Waals surface area contributed by atoms with Crippen LogP contribution in [-0.4, -0.2) is 58.1 Å². The summed E-state index contributed by atoms with van der Waals surface area (Å²) in [6, 6.07) is 2.18. The Morgan fingerprint density at radius 3 is 1.75 bits per heavy atom. The van der Waals surface area contributed by atoms with E-state index in [9.17, 15) is 29.4 Å². The van der Waals surface area contributed by atoms with Crippen molar-refractivity contribution in [1.29, 1.82) is 0 Å². The molecule has 0 heterocycles. The standard InChI is InChI=1S/C26H42N4O6/c1-14(2)11-19(27)23(32)28-20(12-15(3)4)24(33)29-21(13-17-7-9-18(31)10-8-17)25(34)30-22(16(5)6)26(35)36/h7-10,14-16,19-22,31H,11-13,27H2,1-6H3,(H,28,32)(H,29,33)(H,30,34)(H,35,36). The van der Waals surface area contributed by atoms with Crippen LogP contribution in [0.5, 0.6) is 5.75 Å². The van der Waals surface area contributed by atoms with Crippen molar-refractivity contribution in [3.05, 3.63) is 29.8 Å². The van der Waals surface area contributed by atoms with Crippen molar-refractivity contribution in [2.24, 2.45) is 23.5 Å². The highest BCUT2D eigenvalue weighted by Gasteiger charge is 2.31. The maximum absolute atomic E-state index is 13.3. The van der Waals surface area contributed by atoms with Crippen LogP contribution in [0.2, 0.25) is 0 Å². The highest BCUT2D eigenvalue weighted by atomic mass is 16.4. The van der Waals surface area contributed by atoms with E-state index in [-0.39, 0.29) is 29.9 Å². The Kier molecular flexibility index (Phi) is 12.4. The summed E-state index contributed by atoms with van der Waals surface area (Å²) in [4.78, 5) is 50.6. The van der Waals surface area contributed by atoms with Gasteiger partial charge >= 0.3 is 5.97 Å². The topological polar surface area (TPSA) is 171 Å². The second-order valence-electron chi connectivity index (χ2n) is 10.4. The summed E-state index contributed by atoms with van der Waals surface area (Å²) >= 11 is 0. The number of amides is 3. The first-order chi connectivity index (χ1) is 16.7. The van der Waals surface area contributed by atoms with Gasteiger partial charge in [0.05, 0.1) is 6.04 Å². The van der Waals surface area contributed by atoms with Crippen LogP contribution >= 0.6 is 0 Å². The summed E-state index contributed by atoms with van der Waals surface area (Å²) in [6.45, 7) is 11.0. The molecule has 0 saturated heterocycles. The van der Waals surface area contributed by atoms with Crippen molar-refractivity contribution in [2.75, 3.05) is 0 Å². The van der Waals surface area contributed by atoms with Crippen LogP contribution in [0.15, 0.2) is 24.3 Å². The first-order valence-corrected chi connectivity index (χ1v) is 12.4. The Morgan fingerprint density at radius 2 is 1.28 bits per heavy atom. The molecule has 0 aliphatic heterocycles. The predicted octanol–water partition coefficient (Wildman–Crippen LogP) is 1.55. The minimum atomic E-state index is -1.18. The number of nitrogens with one attached hydrogen (secondary N) is 3. The van der Waals surface area contributed by atoms with Gasteiger partial charge in [-0.05, 0) is 48.3 Å². The number of phenols is 1. The molecule has 0 radical (unpaired) electrons. The SMILES string of the molecule is CC(C)CC(N)C(=O)NC(CC(C)C)C(=O)NC(Cc1ccc(O)cc1)C(=O)NC(C(=O)O)C(C)C. The molecule has 0 aromatic heterocycles. The number of nitrogens with two attached hydrogens (primary N) is 1. The Bertz CT molecular complexity index is 885. The monoisotopic (exact) mass is 506 g/mol. The number of hydrogen-bond acceptors (Lipinski definition) is 6. The van der Waals surface area contributed by atoms with Gasteiger partial charge in [0.15, 0.2) is 0 Å². The predicted molar refractivity (Wildman–Crippen MR) is 137 cm³/mol. The molecule has 1 aromatic rings. The zero-order valence-electron chi connectivity index (χ0n) is 22.1. The third kappa shape index (κ3) is 10.6. The molecule has 4 atom stereocenters. The van der Waals surface area contributed by atoms with E-state index in [0.29, 0.717) is 18.4 Å². The molecule has 0 saturated carbocycles. The molecule has 10 nitrogen and oxygen atoms in total. The fourth-order valence-corrected chi connectivity index (χ4v) is 3.71. The highest BCUT2D eigenvalue weighted by Crippen LogP contribution is 2.13. The molecule has 4 unspecified atom stereocenters. The second kappa shape index (κ2) is 14.4. The van der Waals surface area contributed by atoms with Crippen molar-refractivity contribution in [3.8, 4) is 5.75 Å². The Balaban J connectivity index is 3.15. The number of hydrogen-bond donors (Lipinski definition) is 6. The average molecular weight is 507 g/mol. The third-order valence-electron chi connectivity index (χ3n) is 5.64. The highest BCUT2D eigenvalue weighted by molar-refractivity contribution is 5.94. The molecule has 3 amide bonds. The van der Waals surface area contributed by atoms with Gasteiger partial charge in [-0.1, -0.05) is 53.7 Å². The summed E-state index contributed by atoms with van der Waals surface area (Å²) in [6.07, 6.45) is 0.834. The summed E-state index contributed by atoms with van der Waals surface area (Å²) in [5, 5.41) is 27.0. The lowest BCUT2D eigenvalue weighted by molar-refractivity contribution is -0.143. The molecular formula is C26H42N4O6. The molecule has 36 heavy (non-hydrogen) atoms. The van der Waals surface area contributed by atoms with Crippen molar-refractivity contribution in [3.63, 3.8) is 0 Å². The number of carboxylic acids is 1. The van der Waals surface area contributed by atoms with Crippen molar-refractivity contribution in [2.45, 2.75) is 85.0 Å². The largest absolute Gasteiger partial charge is 0.508 e. The first kappa shape index (κ1) is 30.9. The van der Waals surface area contributed by atoms with Gasteiger partial charge in [0.1, 0.15) is 23.9 Å². The van der Waals surface area contributed by atoms with Crippen LogP contribution in [0.25, 0.3) is 0 Å². The molecule has 1 aromatic carbocycles. The lowest BCUT2D eigenvalue weighted by Gasteiger charge is -2.27. The quantitative estimate of drug-likeness (QED) is 0.222. The third-order valence-corrected chi connectivity index (χ3v) is 5.64. The molecule has 0 bridgehead atoms. The zero-order valence-corrected chi connectivity index (χ0v) is 22.1. The summed E-state index contributed by atoms with van der Waals surface area (Å²) in [7, 11) is 0. The van der Waals surface area contributed by atoms with Gasteiger partial charge in [-0.3, -0.25) is 14.4 Å². The van der Waals surface area contributed by atoms with Crippen molar-refractivity contribution < 1.29 is 29.4 Å². The fraction of sp³-hybridized carbons (Fsp3) is 0.615. The number of benzene rings is 1. The number of carbonyl (C=O) groups is 4. The molecule has 10 heteroatoms. The second-order valence-corrected chi connectivity index (χ2v) is 10.4. The lowest BCUT2D eigenvalue weighted by Crippen LogP contribution is -2.58. The Morgan fingerprint density at radius 1 is 0.778 bits per heavy atom. The lowest BCUT2D eigenvalue weighted by atomic mass is 9.99. The summed E-state index contributed by atoms with van der Waals surface area (Å²) in [5.74, 6) is -2.94. The van der Waals surface area contributed by atoms with Crippen LogP contribution < -0.4 is 21.7 Å². The minimum Gasteiger partial charge on any atom is -0.508 e. The van der Waals surface area contributed by atoms with Crippen LogP contribution in [0.3, 0.4) is 0 Å². The van der Waals surface area contributed by atoms with Gasteiger partial charge in [0.25, 0.3) is 0 Å². The maximum Gasteiger partial charge on any atom is 0.326 e. The molecule has 0 spiro atoms. The molecule has 7 N–H and O–H groups in total. The number of phenolic OH excluding ortho intramolecular Hbond substituents is 1. The van der Waals surface area contributed by atoms with Crippen LogP contribution in [-0.2, 0) is 25.6 Å². The molecule has 202 valence electrons. The van der Waals surface area contributed by atoms with E-state index in [4.69, 9.17) is 5.73 Å². The minimum absolute atomic E-state index is 0.0481. The summed E-state index contributed by atoms with van der Waals surface area (Å²) in [5.41, 5.74) is 6.64. The van der Waals surface area contributed by atoms with E-state index in [1.54, 1.807) is 26.0 Å². The van der Waals surface area contributed by atoms with Gasteiger partial charge in [-0.15, -0.1) is 0 Å². The van der Waals surface area contributed by atoms with Gasteiger partial charge in [-0.25, -0.2) is 4.79 Å². The Labute approximate surface area is 213 Å². The summed E-state index contributed by atoms with van der Waals surface area (Å²) < 4.78 is 0. The molecule has 0 aliphatic carbocycles. The van der Waals surface area contributed by atoms with Gasteiger partial charge < -0.3 is 31.9 Å². The van der Waals surface area contributed by atoms with E-state index in [2.05, 4.69) is 16.0 Å². The number of rotatable bonds is 14. The van der Waals surface area contributed by atoms with Gasteiger partial charge in [0.2, 0.25) is 17.7 Å². The maximum atomic E-state index is 13.3. The van der Waals surface area contributed by atoms with Crippen molar-refractivity contribution in [1.82, 2.24) is 16.0 Å². The average Bonchev–Trinajstić information content (AvgIpc) is 2.76. The van der Waals surface area contributed by atoms with Crippen molar-refractivity contribution >= 4 is 23.7 Å². The number of carboxylic acid groups (broad SMARTS) is 1. The zero-order chi connectivity index (χ0) is 27.6. The van der Waals surface area contributed by atoms with E-state index >= 15 is 0 Å². The molecule has 0 aliphatic rings. The smallest absolute Gasteiger partial charge is 0.326 e. The van der Waals surface area contributed by atoms with Gasteiger partial charge in [-0.2, -0.15) is 0 Å². The first-order valence-electron chi connectivity index (χ1n) is 12.4. The van der Waals surface area contributed by atoms with E-state index < -0.39 is 47.9 Å². The number of carbonyl (C=O) groups excluding carboxylic acids is 3. The normalized spacial score (nSPS) is 14.7. The van der Waals surface area contributed by atoms with E-state index in [1.807, 2.05) is 27.7 Å². The van der Waals surface area contributed by atoms with E-state index in [0.717, 1.165) is 0 Å². The van der Waals surface area contributed by atoms with Crippen LogP contribution in [0.4, 0.5) is 0 Å². The van der Waals surface area contributed by atoms with Crippen LogP contribution in [0.1, 0.15) is 59.9 Å². The Hall–Kier alpha value is -3.14. The van der Waals surface area contributed by atoms with E-state index in [1.165, 1.54) is 12.1 Å². The van der Waals surface area contributed by atoms with Crippen LogP contribution in [0, 0.1) is 17.8 Å². The molecular weight excluding hydrogens is 464 g/mol. The molecule has 1 rings (SSSR count). The molecule has 0 fully saturated rings. The fourth-order valence-electron chi connectivity index (χ4n) is 3.71. The van der Waals surface area contributed by atoms with Gasteiger partial charge in [0, 0.05) is 6.42 Å².